The molecule has 0 heterocycles. The predicted molar refractivity (Wildman–Crippen MR) is 79.9 cm³/mol. The van der Waals surface area contributed by atoms with Gasteiger partial charge < -0.3 is 15.2 Å². The van der Waals surface area contributed by atoms with Gasteiger partial charge in [0.2, 0.25) is 0 Å². The molecular formula is C15H14ClFN2O2. The molecule has 0 radical (unpaired) electrons. The number of nitrogens with one attached hydrogen (secondary N) is 1. The van der Waals surface area contributed by atoms with E-state index in [2.05, 4.69) is 0 Å². The van der Waals surface area contributed by atoms with E-state index >= 15 is 0 Å². The van der Waals surface area contributed by atoms with Crippen LogP contribution in [0.15, 0.2) is 42.5 Å². The van der Waals surface area contributed by atoms with Crippen molar-refractivity contribution >= 4 is 17.4 Å². The van der Waals surface area contributed by atoms with Gasteiger partial charge >= 0.3 is 0 Å². The van der Waals surface area contributed by atoms with Gasteiger partial charge in [-0.15, -0.1) is 0 Å². The molecule has 0 amide bonds. The van der Waals surface area contributed by atoms with Crippen LogP contribution in [0.1, 0.15) is 5.56 Å². The van der Waals surface area contributed by atoms with E-state index in [1.807, 2.05) is 0 Å². The second-order valence-corrected chi connectivity index (χ2v) is 4.62. The van der Waals surface area contributed by atoms with Crippen LogP contribution in [0.5, 0.6) is 11.5 Å². The summed E-state index contributed by atoms with van der Waals surface area (Å²) in [6.07, 6.45) is 0. The Morgan fingerprint density at radius 3 is 2.38 bits per heavy atom. The van der Waals surface area contributed by atoms with Gasteiger partial charge in [-0.1, -0.05) is 11.6 Å². The Kier molecular flexibility index (Phi) is 5.00. The van der Waals surface area contributed by atoms with Crippen LogP contribution in [0.25, 0.3) is 0 Å². The highest BCUT2D eigenvalue weighted by Crippen LogP contribution is 2.24. The number of benzene rings is 2. The molecule has 0 aromatic heterocycles. The molecule has 2 aromatic carbocycles. The van der Waals surface area contributed by atoms with Crippen LogP contribution < -0.4 is 15.2 Å². The van der Waals surface area contributed by atoms with Crippen LogP contribution in [-0.4, -0.2) is 19.0 Å². The molecule has 0 aliphatic rings. The topological polar surface area (TPSA) is 68.3 Å². The largest absolute Gasteiger partial charge is 0.490 e. The molecular weight excluding hydrogens is 295 g/mol. The van der Waals surface area contributed by atoms with Crippen molar-refractivity contribution in [2.24, 2.45) is 5.73 Å². The Morgan fingerprint density at radius 2 is 1.76 bits per heavy atom. The van der Waals surface area contributed by atoms with Crippen LogP contribution >= 0.6 is 11.6 Å². The zero-order valence-corrected chi connectivity index (χ0v) is 11.9. The molecule has 0 bridgehead atoms. The number of halogens is 2. The van der Waals surface area contributed by atoms with Gasteiger partial charge in [0.05, 0.1) is 5.02 Å². The second kappa shape index (κ2) is 6.95. The van der Waals surface area contributed by atoms with E-state index in [1.165, 1.54) is 18.2 Å². The summed E-state index contributed by atoms with van der Waals surface area (Å²) in [5.41, 5.74) is 5.99. The molecule has 0 atom stereocenters. The van der Waals surface area contributed by atoms with Crippen LogP contribution in [0.2, 0.25) is 5.02 Å². The lowest BCUT2D eigenvalue weighted by Gasteiger charge is -2.10. The van der Waals surface area contributed by atoms with Gasteiger partial charge in [-0.3, -0.25) is 5.41 Å². The van der Waals surface area contributed by atoms with Crippen molar-refractivity contribution in [3.05, 3.63) is 58.9 Å². The summed E-state index contributed by atoms with van der Waals surface area (Å²) in [6, 6.07) is 10.8. The number of amidine groups is 1. The van der Waals surface area contributed by atoms with Crippen molar-refractivity contribution in [3.8, 4) is 11.5 Å². The van der Waals surface area contributed by atoms with E-state index in [1.54, 1.807) is 24.3 Å². The molecule has 21 heavy (non-hydrogen) atoms. The van der Waals surface area contributed by atoms with E-state index in [9.17, 15) is 4.39 Å². The number of ether oxygens (including phenoxy) is 2. The minimum atomic E-state index is -0.408. The average molecular weight is 309 g/mol. The van der Waals surface area contributed by atoms with Gasteiger partial charge in [-0.25, -0.2) is 4.39 Å². The van der Waals surface area contributed by atoms with E-state index < -0.39 is 5.82 Å². The van der Waals surface area contributed by atoms with Crippen LogP contribution in [-0.2, 0) is 0 Å². The number of nitrogen functional groups attached to an aromatic ring is 1. The quantitative estimate of drug-likeness (QED) is 0.489. The van der Waals surface area contributed by atoms with Crippen LogP contribution in [0.3, 0.4) is 0 Å². The number of nitrogens with two attached hydrogens (primary N) is 1. The third kappa shape index (κ3) is 4.36. The van der Waals surface area contributed by atoms with E-state index in [4.69, 9.17) is 32.2 Å². The molecule has 0 aliphatic carbocycles. The summed E-state index contributed by atoms with van der Waals surface area (Å²) in [5.74, 6) is 0.660. The maximum atomic E-state index is 12.9. The molecule has 2 aromatic rings. The van der Waals surface area contributed by atoms with E-state index in [0.29, 0.717) is 23.7 Å². The van der Waals surface area contributed by atoms with Crippen molar-refractivity contribution < 1.29 is 13.9 Å². The smallest absolute Gasteiger partial charge is 0.138 e. The number of hydrogen-bond acceptors (Lipinski definition) is 3. The number of hydrogen-bond donors (Lipinski definition) is 2. The van der Waals surface area contributed by atoms with Crippen molar-refractivity contribution in [2.45, 2.75) is 0 Å². The molecule has 0 saturated heterocycles. The Hall–Kier alpha value is -2.27. The SMILES string of the molecule is N=C(N)c1ccc(OCCOc2ccc(F)cc2Cl)cc1. The molecule has 0 fully saturated rings. The van der Waals surface area contributed by atoms with Gasteiger partial charge in [-0.2, -0.15) is 0 Å². The van der Waals surface area contributed by atoms with Gasteiger partial charge in [0.25, 0.3) is 0 Å². The van der Waals surface area contributed by atoms with Crippen molar-refractivity contribution in [3.63, 3.8) is 0 Å². The van der Waals surface area contributed by atoms with E-state index in [-0.39, 0.29) is 17.5 Å². The Bertz CT molecular complexity index is 632. The highest BCUT2D eigenvalue weighted by Gasteiger charge is 2.03. The van der Waals surface area contributed by atoms with Crippen molar-refractivity contribution in [2.75, 3.05) is 13.2 Å². The van der Waals surface area contributed by atoms with Gasteiger partial charge in [0.15, 0.2) is 0 Å². The highest BCUT2D eigenvalue weighted by atomic mass is 35.5. The normalized spacial score (nSPS) is 10.2. The van der Waals surface area contributed by atoms with Gasteiger partial charge in [0, 0.05) is 5.56 Å². The zero-order valence-electron chi connectivity index (χ0n) is 11.1. The lowest BCUT2D eigenvalue weighted by atomic mass is 10.2. The Labute approximate surface area is 126 Å². The lowest BCUT2D eigenvalue weighted by molar-refractivity contribution is 0.217. The first-order chi connectivity index (χ1) is 10.1. The fraction of sp³-hybridized carbons (Fsp3) is 0.133. The first kappa shape index (κ1) is 15.1. The molecule has 0 unspecified atom stereocenters. The average Bonchev–Trinajstić information content (AvgIpc) is 2.46. The number of rotatable bonds is 6. The third-order valence-electron chi connectivity index (χ3n) is 2.67. The Balaban J connectivity index is 1.80. The highest BCUT2D eigenvalue weighted by molar-refractivity contribution is 6.32. The van der Waals surface area contributed by atoms with E-state index in [0.717, 1.165) is 0 Å². The second-order valence-electron chi connectivity index (χ2n) is 4.21. The molecule has 0 spiro atoms. The van der Waals surface area contributed by atoms with Gasteiger partial charge in [-0.05, 0) is 42.5 Å². The van der Waals surface area contributed by atoms with Crippen LogP contribution in [0, 0.1) is 11.2 Å². The molecule has 0 aliphatic heterocycles. The molecule has 110 valence electrons. The summed E-state index contributed by atoms with van der Waals surface area (Å²) >= 11 is 5.83. The fourth-order valence-corrected chi connectivity index (χ4v) is 1.86. The van der Waals surface area contributed by atoms with Gasteiger partial charge in [0.1, 0.15) is 36.4 Å². The third-order valence-corrected chi connectivity index (χ3v) is 2.96. The standard InChI is InChI=1S/C15H14ClFN2O2/c16-13-9-11(17)3-6-14(13)21-8-7-20-12-4-1-10(2-5-12)15(18)19/h1-6,9H,7-8H2,(H3,18,19). The van der Waals surface area contributed by atoms with Crippen LogP contribution in [0.4, 0.5) is 4.39 Å². The Morgan fingerprint density at radius 1 is 1.10 bits per heavy atom. The summed E-state index contributed by atoms with van der Waals surface area (Å²) in [6.45, 7) is 0.590. The van der Waals surface area contributed by atoms with Crippen molar-refractivity contribution in [1.29, 1.82) is 5.41 Å². The molecule has 0 saturated carbocycles. The lowest BCUT2D eigenvalue weighted by Crippen LogP contribution is -2.11. The monoisotopic (exact) mass is 308 g/mol. The first-order valence-electron chi connectivity index (χ1n) is 6.21. The molecule has 2 rings (SSSR count). The summed E-state index contributed by atoms with van der Waals surface area (Å²) in [4.78, 5) is 0. The molecule has 3 N–H and O–H groups in total. The minimum absolute atomic E-state index is 0.0100. The maximum absolute atomic E-state index is 12.9. The van der Waals surface area contributed by atoms with Crippen molar-refractivity contribution in [1.82, 2.24) is 0 Å². The zero-order chi connectivity index (χ0) is 15.2. The summed E-state index contributed by atoms with van der Waals surface area (Å²) in [5, 5.41) is 7.50. The summed E-state index contributed by atoms with van der Waals surface area (Å²) in [7, 11) is 0. The first-order valence-corrected chi connectivity index (χ1v) is 6.59. The summed E-state index contributed by atoms with van der Waals surface area (Å²) < 4.78 is 23.7. The fourth-order valence-electron chi connectivity index (χ4n) is 1.63. The predicted octanol–water partition coefficient (Wildman–Crippen LogP) is 3.22. The molecule has 4 nitrogen and oxygen atoms in total. The maximum Gasteiger partial charge on any atom is 0.138 e. The minimum Gasteiger partial charge on any atom is -0.490 e. The molecule has 6 heteroatoms.